The Balaban J connectivity index is 1.80. The molecule has 2 heterocycles. The van der Waals surface area contributed by atoms with Gasteiger partial charge < -0.3 is 4.74 Å². The van der Waals surface area contributed by atoms with E-state index in [-0.39, 0.29) is 0 Å². The van der Waals surface area contributed by atoms with Gasteiger partial charge in [0.1, 0.15) is 17.0 Å². The van der Waals surface area contributed by atoms with Crippen LogP contribution in [-0.2, 0) is 0 Å². The van der Waals surface area contributed by atoms with E-state index < -0.39 is 0 Å². The third kappa shape index (κ3) is 2.19. The molecular weight excluding hydrogens is 392 g/mol. The smallest absolute Gasteiger partial charge is 0.192 e. The molecule has 0 saturated carbocycles. The second-order valence-electron chi connectivity index (χ2n) is 5.98. The van der Waals surface area contributed by atoms with Crippen LogP contribution in [0.2, 0.25) is 0 Å². The lowest BCUT2D eigenvalue weighted by Gasteiger charge is -2.03. The van der Waals surface area contributed by atoms with Crippen LogP contribution in [0.15, 0.2) is 65.1 Å². The highest BCUT2D eigenvalue weighted by atomic mass is 79.9. The number of hydrogen-bond acceptors (Lipinski definition) is 4. The van der Waals surface area contributed by atoms with Crippen molar-refractivity contribution in [3.63, 3.8) is 0 Å². The topological polar surface area (TPSA) is 52.3 Å². The third-order valence-electron chi connectivity index (χ3n) is 4.52. The summed E-state index contributed by atoms with van der Waals surface area (Å²) < 4.78 is 7.90. The Labute approximate surface area is 157 Å². The fourth-order valence-corrected chi connectivity index (χ4v) is 3.75. The third-order valence-corrected chi connectivity index (χ3v) is 5.25. The van der Waals surface area contributed by atoms with E-state index in [2.05, 4.69) is 44.3 Å². The quantitative estimate of drug-likeness (QED) is 0.394. The molecule has 6 heteroatoms. The van der Waals surface area contributed by atoms with Crippen molar-refractivity contribution in [1.29, 1.82) is 0 Å². The van der Waals surface area contributed by atoms with Gasteiger partial charge in [-0.1, -0.05) is 30.3 Å². The average Bonchev–Trinajstić information content (AvgIpc) is 3.05. The molecule has 0 saturated heterocycles. The Morgan fingerprint density at radius 1 is 0.923 bits per heavy atom. The molecule has 0 spiro atoms. The van der Waals surface area contributed by atoms with E-state index in [1.807, 2.05) is 47.0 Å². The summed E-state index contributed by atoms with van der Waals surface area (Å²) >= 11 is 3.64. The number of rotatable bonds is 2. The van der Waals surface area contributed by atoms with E-state index in [0.717, 1.165) is 43.3 Å². The minimum absolute atomic E-state index is 0.693. The van der Waals surface area contributed by atoms with Crippen LogP contribution in [0, 0.1) is 0 Å². The van der Waals surface area contributed by atoms with Crippen LogP contribution in [0.1, 0.15) is 0 Å². The Kier molecular flexibility index (Phi) is 3.39. The fraction of sp³-hybridized carbons (Fsp3) is 0.0500. The summed E-state index contributed by atoms with van der Waals surface area (Å²) in [5.74, 6) is 0.811. The summed E-state index contributed by atoms with van der Waals surface area (Å²) in [4.78, 5) is 0. The lowest BCUT2D eigenvalue weighted by Crippen LogP contribution is -1.97. The standard InChI is InChI=1S/C20H13BrN4O/c1-26-14-9-6-13(7-10-14)18-17(21)20-23-22-19-15-5-3-2-4-12(15)8-11-16(19)25(20)24-18/h2-11H,1H3. The van der Waals surface area contributed by atoms with Gasteiger partial charge in [0, 0.05) is 10.9 Å². The molecule has 0 N–H and O–H groups in total. The van der Waals surface area contributed by atoms with Crippen LogP contribution in [0.3, 0.4) is 0 Å². The van der Waals surface area contributed by atoms with E-state index in [1.54, 1.807) is 7.11 Å². The molecule has 5 aromatic rings. The number of methoxy groups -OCH3 is 1. The predicted octanol–water partition coefficient (Wildman–Crippen LogP) is 4.87. The molecule has 0 aliphatic heterocycles. The number of nitrogens with zero attached hydrogens (tertiary/aromatic N) is 4. The van der Waals surface area contributed by atoms with E-state index in [1.165, 1.54) is 0 Å². The fourth-order valence-electron chi connectivity index (χ4n) is 3.19. The second kappa shape index (κ2) is 5.78. The first-order valence-electron chi connectivity index (χ1n) is 8.13. The number of hydrogen-bond donors (Lipinski definition) is 0. The minimum Gasteiger partial charge on any atom is -0.497 e. The molecule has 0 aliphatic carbocycles. The van der Waals surface area contributed by atoms with Crippen LogP contribution >= 0.6 is 15.9 Å². The average molecular weight is 405 g/mol. The molecule has 5 nitrogen and oxygen atoms in total. The Hall–Kier alpha value is -2.99. The van der Waals surface area contributed by atoms with Crippen molar-refractivity contribution in [2.24, 2.45) is 0 Å². The van der Waals surface area contributed by atoms with Gasteiger partial charge in [-0.05, 0) is 51.6 Å². The van der Waals surface area contributed by atoms with Gasteiger partial charge in [-0.3, -0.25) is 0 Å². The van der Waals surface area contributed by atoms with E-state index in [0.29, 0.717) is 5.65 Å². The molecule has 3 aromatic carbocycles. The first kappa shape index (κ1) is 15.3. The van der Waals surface area contributed by atoms with Crippen LogP contribution in [0.25, 0.3) is 38.7 Å². The molecule has 0 atom stereocenters. The van der Waals surface area contributed by atoms with Crippen molar-refractivity contribution < 1.29 is 4.74 Å². The Morgan fingerprint density at radius 2 is 1.73 bits per heavy atom. The summed E-state index contributed by atoms with van der Waals surface area (Å²) in [6.45, 7) is 0. The first-order valence-corrected chi connectivity index (χ1v) is 8.92. The van der Waals surface area contributed by atoms with Crippen LogP contribution < -0.4 is 4.74 Å². The lowest BCUT2D eigenvalue weighted by molar-refractivity contribution is 0.415. The van der Waals surface area contributed by atoms with Gasteiger partial charge in [0.2, 0.25) is 0 Å². The maximum Gasteiger partial charge on any atom is 0.192 e. The molecule has 2 aromatic heterocycles. The molecule has 0 amide bonds. The van der Waals surface area contributed by atoms with Crippen LogP contribution in [0.4, 0.5) is 0 Å². The predicted molar refractivity (Wildman–Crippen MR) is 105 cm³/mol. The molecule has 0 unspecified atom stereocenters. The molecule has 0 aliphatic rings. The normalized spacial score (nSPS) is 11.5. The minimum atomic E-state index is 0.693. The molecule has 126 valence electrons. The van der Waals surface area contributed by atoms with Crippen molar-refractivity contribution in [2.75, 3.05) is 7.11 Å². The number of ether oxygens (including phenoxy) is 1. The summed E-state index contributed by atoms with van der Waals surface area (Å²) in [6, 6.07) is 20.1. The molecule has 26 heavy (non-hydrogen) atoms. The van der Waals surface area contributed by atoms with Crippen molar-refractivity contribution in [1.82, 2.24) is 19.8 Å². The van der Waals surface area contributed by atoms with E-state index in [9.17, 15) is 0 Å². The summed E-state index contributed by atoms with van der Waals surface area (Å²) in [5.41, 5.74) is 4.26. The van der Waals surface area contributed by atoms with Gasteiger partial charge in [-0.2, -0.15) is 5.10 Å². The number of benzene rings is 3. The van der Waals surface area contributed by atoms with Crippen LogP contribution in [0.5, 0.6) is 5.75 Å². The van der Waals surface area contributed by atoms with Crippen LogP contribution in [-0.4, -0.2) is 26.9 Å². The van der Waals surface area contributed by atoms with Crippen molar-refractivity contribution in [3.8, 4) is 17.0 Å². The molecule has 0 fully saturated rings. The largest absolute Gasteiger partial charge is 0.497 e. The zero-order chi connectivity index (χ0) is 17.7. The molecule has 0 bridgehead atoms. The molecule has 5 rings (SSSR count). The summed E-state index contributed by atoms with van der Waals surface area (Å²) in [5, 5.41) is 15.9. The number of fused-ring (bicyclic) bond motifs is 5. The van der Waals surface area contributed by atoms with Crippen molar-refractivity contribution in [2.45, 2.75) is 0 Å². The highest BCUT2D eigenvalue weighted by Gasteiger charge is 2.17. The number of halogens is 1. The van der Waals surface area contributed by atoms with Gasteiger partial charge in [-0.15, -0.1) is 10.2 Å². The zero-order valence-electron chi connectivity index (χ0n) is 13.8. The lowest BCUT2D eigenvalue weighted by atomic mass is 10.1. The first-order chi connectivity index (χ1) is 12.8. The van der Waals surface area contributed by atoms with E-state index >= 15 is 0 Å². The maximum absolute atomic E-state index is 5.23. The summed E-state index contributed by atoms with van der Waals surface area (Å²) in [6.07, 6.45) is 0. The van der Waals surface area contributed by atoms with Gasteiger partial charge in [-0.25, -0.2) is 4.52 Å². The molecule has 0 radical (unpaired) electrons. The summed E-state index contributed by atoms with van der Waals surface area (Å²) in [7, 11) is 1.65. The van der Waals surface area contributed by atoms with E-state index in [4.69, 9.17) is 9.84 Å². The Bertz CT molecular complexity index is 1280. The number of aromatic nitrogens is 4. The highest BCUT2D eigenvalue weighted by molar-refractivity contribution is 9.10. The van der Waals surface area contributed by atoms with Gasteiger partial charge in [0.05, 0.1) is 17.1 Å². The zero-order valence-corrected chi connectivity index (χ0v) is 15.4. The Morgan fingerprint density at radius 3 is 2.54 bits per heavy atom. The highest BCUT2D eigenvalue weighted by Crippen LogP contribution is 2.33. The van der Waals surface area contributed by atoms with Gasteiger partial charge in [0.25, 0.3) is 0 Å². The van der Waals surface area contributed by atoms with Gasteiger partial charge >= 0.3 is 0 Å². The maximum atomic E-state index is 5.23. The SMILES string of the molecule is COc1ccc(-c2nn3c(nnc4c5ccccc5ccc43)c2Br)cc1. The van der Waals surface area contributed by atoms with Crippen molar-refractivity contribution in [3.05, 3.63) is 65.1 Å². The van der Waals surface area contributed by atoms with Gasteiger partial charge in [0.15, 0.2) is 5.65 Å². The monoisotopic (exact) mass is 404 g/mol. The molecular formula is C20H13BrN4O. The van der Waals surface area contributed by atoms with Crippen molar-refractivity contribution >= 4 is 43.4 Å². The second-order valence-corrected chi connectivity index (χ2v) is 6.77.